The van der Waals surface area contributed by atoms with Gasteiger partial charge in [0.15, 0.2) is 0 Å². The van der Waals surface area contributed by atoms with Gasteiger partial charge in [0.05, 0.1) is 0 Å². The van der Waals surface area contributed by atoms with E-state index in [2.05, 4.69) is 34.3 Å². The average Bonchev–Trinajstić information content (AvgIpc) is 2.36. The van der Waals surface area contributed by atoms with Gasteiger partial charge in [-0.15, -0.1) is 0 Å². The van der Waals surface area contributed by atoms with Gasteiger partial charge in [-0.1, -0.05) is 0 Å². The first-order chi connectivity index (χ1) is 8.71. The van der Waals surface area contributed by atoms with Crippen molar-refractivity contribution in [1.29, 1.82) is 0 Å². The Morgan fingerprint density at radius 3 is 2.17 bits per heavy atom. The van der Waals surface area contributed by atoms with E-state index in [1.165, 1.54) is 53.2 Å². The molecule has 0 aliphatic carbocycles. The van der Waals surface area contributed by atoms with Crippen LogP contribution in [0.4, 0.5) is 0 Å². The summed E-state index contributed by atoms with van der Waals surface area (Å²) in [6.45, 7) is 14.1. The molecular formula is C16H33OSn. The van der Waals surface area contributed by atoms with Gasteiger partial charge < -0.3 is 0 Å². The molecule has 1 unspecified atom stereocenters. The van der Waals surface area contributed by atoms with Crippen LogP contribution in [0.25, 0.3) is 0 Å². The van der Waals surface area contributed by atoms with Crippen LogP contribution in [0.15, 0.2) is 10.4 Å². The third-order valence-electron chi connectivity index (χ3n) is 3.51. The standard InChI is InChI=1S/C8H17.C4H7O.C4H9.Sn/c1-3-5-7-8-6-4-2;1-3-5-4-2;1-3-4-2;/h7H,3-6,8H2,1-2H3;1,4H2,2H3;1,3-4H2,2H3;. The second kappa shape index (κ2) is 12.4. The predicted molar refractivity (Wildman–Crippen MR) is 84.4 cm³/mol. The van der Waals surface area contributed by atoms with Crippen LogP contribution < -0.4 is 0 Å². The Morgan fingerprint density at radius 2 is 1.67 bits per heavy atom. The summed E-state index contributed by atoms with van der Waals surface area (Å²) in [4.78, 5) is 0. The van der Waals surface area contributed by atoms with Gasteiger partial charge in [0, 0.05) is 0 Å². The van der Waals surface area contributed by atoms with Crippen molar-refractivity contribution >= 4 is 19.8 Å². The fraction of sp³-hybridized carbons (Fsp3) is 0.875. The number of hydrogen-bond donors (Lipinski definition) is 0. The van der Waals surface area contributed by atoms with Crippen molar-refractivity contribution in [3.05, 3.63) is 10.4 Å². The first-order valence-electron chi connectivity index (χ1n) is 7.88. The van der Waals surface area contributed by atoms with E-state index in [0.29, 0.717) is 0 Å². The topological polar surface area (TPSA) is 9.23 Å². The fourth-order valence-corrected chi connectivity index (χ4v) is 12.2. The molecule has 0 fully saturated rings. The van der Waals surface area contributed by atoms with Crippen molar-refractivity contribution < 1.29 is 4.74 Å². The van der Waals surface area contributed by atoms with Gasteiger partial charge in [0.2, 0.25) is 0 Å². The van der Waals surface area contributed by atoms with E-state index >= 15 is 0 Å². The predicted octanol–water partition coefficient (Wildman–Crippen LogP) is 5.73. The molecule has 18 heavy (non-hydrogen) atoms. The monoisotopic (exact) mass is 361 g/mol. The van der Waals surface area contributed by atoms with Crippen LogP contribution >= 0.6 is 0 Å². The zero-order valence-electron chi connectivity index (χ0n) is 13.1. The summed E-state index contributed by atoms with van der Waals surface area (Å²) in [6.07, 6.45) is 9.57. The van der Waals surface area contributed by atoms with Crippen molar-refractivity contribution in [1.82, 2.24) is 0 Å². The number of unbranched alkanes of at least 4 members (excludes halogenated alkanes) is 2. The molecule has 1 atom stereocenters. The number of ether oxygens (including phenoxy) is 1. The molecule has 0 aliphatic heterocycles. The zero-order chi connectivity index (χ0) is 13.8. The van der Waals surface area contributed by atoms with Crippen molar-refractivity contribution in [3.63, 3.8) is 0 Å². The van der Waals surface area contributed by atoms with E-state index < -0.39 is 19.8 Å². The van der Waals surface area contributed by atoms with E-state index in [1.807, 2.05) is 0 Å². The van der Waals surface area contributed by atoms with Crippen LogP contribution in [0.5, 0.6) is 0 Å². The summed E-state index contributed by atoms with van der Waals surface area (Å²) in [6, 6.07) is 0. The summed E-state index contributed by atoms with van der Waals surface area (Å²) >= 11 is -1.58. The van der Waals surface area contributed by atoms with Crippen LogP contribution in [0.1, 0.15) is 72.6 Å². The van der Waals surface area contributed by atoms with Crippen molar-refractivity contribution in [2.24, 2.45) is 0 Å². The zero-order valence-corrected chi connectivity index (χ0v) is 15.9. The van der Waals surface area contributed by atoms with E-state index in [1.54, 1.807) is 0 Å². The molecule has 0 bridgehead atoms. The van der Waals surface area contributed by atoms with E-state index in [4.69, 9.17) is 4.74 Å². The number of rotatable bonds is 12. The molecule has 0 rings (SSSR count). The van der Waals surface area contributed by atoms with Crippen molar-refractivity contribution in [2.75, 3.05) is 6.61 Å². The van der Waals surface area contributed by atoms with Gasteiger partial charge in [-0.25, -0.2) is 0 Å². The molecule has 2 heteroatoms. The molecule has 0 spiro atoms. The number of hydrogen-bond acceptors (Lipinski definition) is 1. The Morgan fingerprint density at radius 1 is 1.00 bits per heavy atom. The van der Waals surface area contributed by atoms with Crippen LogP contribution in [0.2, 0.25) is 8.37 Å². The quantitative estimate of drug-likeness (QED) is 0.319. The molecular weight excluding hydrogens is 327 g/mol. The summed E-state index contributed by atoms with van der Waals surface area (Å²) < 4.78 is 9.47. The SMILES string of the molecule is C=[C](OCC)[Sn]([CH2]CCC)[CH](CCC)CCCC. The summed E-state index contributed by atoms with van der Waals surface area (Å²) in [7, 11) is 0. The van der Waals surface area contributed by atoms with Gasteiger partial charge in [-0.2, -0.15) is 0 Å². The Balaban J connectivity index is 4.55. The second-order valence-electron chi connectivity index (χ2n) is 5.11. The molecule has 0 N–H and O–H groups in total. The van der Waals surface area contributed by atoms with Crippen LogP contribution in [0.3, 0.4) is 0 Å². The molecule has 0 aliphatic rings. The van der Waals surface area contributed by atoms with E-state index in [9.17, 15) is 0 Å². The molecule has 0 amide bonds. The third kappa shape index (κ3) is 7.70. The average molecular weight is 360 g/mol. The third-order valence-corrected chi connectivity index (χ3v) is 13.0. The molecule has 0 aromatic heterocycles. The summed E-state index contributed by atoms with van der Waals surface area (Å²) in [5.41, 5.74) is 0. The molecule has 1 radical (unpaired) electrons. The van der Waals surface area contributed by atoms with Gasteiger partial charge in [0.1, 0.15) is 0 Å². The summed E-state index contributed by atoms with van der Waals surface area (Å²) in [5.74, 6) is 0. The molecule has 0 aromatic carbocycles. The summed E-state index contributed by atoms with van der Waals surface area (Å²) in [5, 5.41) is 0. The molecule has 0 saturated heterocycles. The van der Waals surface area contributed by atoms with Crippen molar-refractivity contribution in [2.45, 2.75) is 81.0 Å². The first-order valence-corrected chi connectivity index (χ1v) is 13.0. The maximum atomic E-state index is 5.80. The van der Waals surface area contributed by atoms with E-state index in [0.717, 1.165) is 10.5 Å². The Kier molecular flexibility index (Phi) is 12.6. The van der Waals surface area contributed by atoms with E-state index in [-0.39, 0.29) is 0 Å². The van der Waals surface area contributed by atoms with Gasteiger partial charge in [-0.3, -0.25) is 0 Å². The normalized spacial score (nSPS) is 12.7. The maximum absolute atomic E-state index is 5.80. The van der Waals surface area contributed by atoms with Crippen LogP contribution in [-0.4, -0.2) is 26.4 Å². The minimum absolute atomic E-state index is 0.807. The van der Waals surface area contributed by atoms with Crippen LogP contribution in [0, 0.1) is 0 Å². The molecule has 0 saturated carbocycles. The molecule has 0 aromatic rings. The molecule has 0 heterocycles. The van der Waals surface area contributed by atoms with Crippen molar-refractivity contribution in [3.8, 4) is 0 Å². The minimum atomic E-state index is -1.58. The fourth-order valence-electron chi connectivity index (χ4n) is 2.50. The Labute approximate surface area is 122 Å². The second-order valence-corrected chi connectivity index (χ2v) is 13.5. The molecule has 107 valence electrons. The van der Waals surface area contributed by atoms with Gasteiger partial charge in [-0.05, 0) is 0 Å². The van der Waals surface area contributed by atoms with Gasteiger partial charge >= 0.3 is 122 Å². The Hall–Kier alpha value is 0.339. The van der Waals surface area contributed by atoms with Crippen LogP contribution in [-0.2, 0) is 4.74 Å². The molecule has 1 nitrogen and oxygen atoms in total. The van der Waals surface area contributed by atoms with Gasteiger partial charge in [0.25, 0.3) is 0 Å². The first kappa shape index (κ1) is 18.3. The Bertz CT molecular complexity index is 203.